The lowest BCUT2D eigenvalue weighted by Crippen LogP contribution is -2.57. The number of rotatable bonds is 21. The molecule has 3 fully saturated rings. The molecule has 9 rings (SSSR count). The summed E-state index contributed by atoms with van der Waals surface area (Å²) >= 11 is 8.56. The van der Waals surface area contributed by atoms with Gasteiger partial charge in [0.15, 0.2) is 11.6 Å². The Morgan fingerprint density at radius 1 is 1.01 bits per heavy atom. The number of aromatic hydroxyl groups is 1. The van der Waals surface area contributed by atoms with Crippen LogP contribution in [0, 0.1) is 29.5 Å². The number of ketones is 1. The van der Waals surface area contributed by atoms with Crippen LogP contribution in [0.4, 0.5) is 10.2 Å². The van der Waals surface area contributed by atoms with Crippen molar-refractivity contribution < 1.29 is 43.3 Å². The van der Waals surface area contributed by atoms with Crippen molar-refractivity contribution in [3.05, 3.63) is 107 Å². The number of piperazine rings is 1. The maximum absolute atomic E-state index is 17.3. The third-order valence-electron chi connectivity index (χ3n) is 16.0. The molecule has 4 aromatic carbocycles. The number of carbonyl (C=O) groups excluding carboxylic acids is 4. The summed E-state index contributed by atoms with van der Waals surface area (Å²) in [6, 6.07) is 19.9. The van der Waals surface area contributed by atoms with E-state index in [9.17, 15) is 34.7 Å². The average Bonchev–Trinajstić information content (AvgIpc) is 2.78. The van der Waals surface area contributed by atoms with Crippen molar-refractivity contribution in [1.82, 2.24) is 35.0 Å². The Kier molecular flexibility index (Phi) is 18.9. The zero-order valence-electron chi connectivity index (χ0n) is 47.1. The number of amides is 3. The molecule has 2 aromatic heterocycles. The van der Waals surface area contributed by atoms with Crippen molar-refractivity contribution in [2.75, 3.05) is 64.0 Å². The molecule has 3 amide bonds. The molecule has 432 valence electrons. The van der Waals surface area contributed by atoms with Crippen LogP contribution in [-0.4, -0.2) is 153 Å². The third kappa shape index (κ3) is 13.4. The maximum atomic E-state index is 17.3. The minimum absolute atomic E-state index is 0.00446. The predicted octanol–water partition coefficient (Wildman–Crippen LogP) is 9.39. The smallest absolute Gasteiger partial charge is 0.319 e. The molecule has 0 unspecified atom stereocenters. The van der Waals surface area contributed by atoms with Crippen molar-refractivity contribution >= 4 is 73.9 Å². The van der Waals surface area contributed by atoms with E-state index in [4.69, 9.17) is 26.1 Å². The number of ether oxygens (including phenoxy) is 2. The van der Waals surface area contributed by atoms with Crippen LogP contribution in [0.3, 0.4) is 0 Å². The van der Waals surface area contributed by atoms with E-state index < -0.39 is 47.3 Å². The Hall–Kier alpha value is -7.08. The first-order valence-electron chi connectivity index (χ1n) is 28.1. The number of hydrogen-bond donors (Lipinski definition) is 3. The fourth-order valence-corrected chi connectivity index (χ4v) is 12.8. The summed E-state index contributed by atoms with van der Waals surface area (Å²) in [6.07, 6.45) is 3.90. The van der Waals surface area contributed by atoms with Gasteiger partial charge in [-0.05, 0) is 109 Å². The lowest BCUT2D eigenvalue weighted by Gasteiger charge is -2.41. The Morgan fingerprint density at radius 3 is 2.52 bits per heavy atom. The van der Waals surface area contributed by atoms with Crippen LogP contribution in [0.25, 0.3) is 43.2 Å². The minimum Gasteiger partial charge on any atom is -0.508 e. The fourth-order valence-electron chi connectivity index (χ4n) is 11.7. The number of nitriles is 1. The van der Waals surface area contributed by atoms with Gasteiger partial charge in [-0.1, -0.05) is 94.4 Å². The third-order valence-corrected chi connectivity index (χ3v) is 17.3. The zero-order valence-corrected chi connectivity index (χ0v) is 48.6. The molecular formula is C62H71ClFN9O8S. The number of aromatic nitrogens is 3. The number of nitrogens with one attached hydrogen (secondary N) is 1. The summed E-state index contributed by atoms with van der Waals surface area (Å²) in [4.78, 5) is 76.7. The van der Waals surface area contributed by atoms with Gasteiger partial charge in [0.25, 0.3) is 0 Å². The molecule has 0 spiro atoms. The number of benzene rings is 4. The van der Waals surface area contributed by atoms with Gasteiger partial charge in [-0.15, -0.1) is 11.3 Å². The summed E-state index contributed by atoms with van der Waals surface area (Å²) in [5.41, 5.74) is 4.52. The average molecular weight is 1160 g/mol. The quantitative estimate of drug-likeness (QED) is 0.0452. The van der Waals surface area contributed by atoms with Gasteiger partial charge < -0.3 is 39.7 Å². The summed E-state index contributed by atoms with van der Waals surface area (Å²) in [5, 5.41) is 35.9. The van der Waals surface area contributed by atoms with Crippen LogP contribution in [0.1, 0.15) is 89.8 Å². The van der Waals surface area contributed by atoms with Gasteiger partial charge in [0.2, 0.25) is 17.7 Å². The number of aryl methyl sites for hydroxylation is 1. The standard InChI is InChI=1S/C62H71ClFN9O8S/c1-7-53(78)72-25-24-71(32-42(72)20-21-65)59-48-31-49(63)54(47-29-44(74)28-41-13-8-9-15-46(41)47)55(64)56(48)68-61(69-59)81-34-43-14-12-23-70(43)22-10-11-26-80-35-52(77)67-58(62(4,5)6)60(79)73-33-45(75)30-50(73)51(76)27-37(2)39-16-18-40(19-17-39)57-38(3)66-36-82-57/h7-9,13,15-19,28-29,31,36-37,42-43,45,50,58,74-75H,1,10-12,14,20,22-27,30,32-35H2,2-6H3,(H,67,77)/t37-,42+,43+,45-,50+,58-/m1/s1. The highest BCUT2D eigenvalue weighted by Gasteiger charge is 2.45. The number of thiazole rings is 1. The number of halogens is 2. The number of fused-ring (bicyclic) bond motifs is 2. The van der Waals surface area contributed by atoms with E-state index in [1.807, 2.05) is 93.6 Å². The monoisotopic (exact) mass is 1160 g/mol. The van der Waals surface area contributed by atoms with E-state index in [1.165, 1.54) is 17.0 Å². The molecule has 0 aliphatic carbocycles. The highest BCUT2D eigenvalue weighted by molar-refractivity contribution is 7.13. The lowest BCUT2D eigenvalue weighted by molar-refractivity contribution is -0.144. The number of phenols is 1. The first-order valence-corrected chi connectivity index (χ1v) is 29.3. The molecule has 20 heteroatoms. The highest BCUT2D eigenvalue weighted by atomic mass is 35.5. The van der Waals surface area contributed by atoms with E-state index >= 15 is 4.39 Å². The molecule has 0 radical (unpaired) electrons. The van der Waals surface area contributed by atoms with Crippen LogP contribution >= 0.6 is 22.9 Å². The zero-order chi connectivity index (χ0) is 58.4. The summed E-state index contributed by atoms with van der Waals surface area (Å²) in [5.74, 6) is -1.88. The van der Waals surface area contributed by atoms with Crippen molar-refractivity contribution in [1.29, 1.82) is 5.26 Å². The van der Waals surface area contributed by atoms with Crippen LogP contribution in [-0.2, 0) is 23.9 Å². The number of phenolic OH excluding ortho intramolecular Hbond substituents is 1. The summed E-state index contributed by atoms with van der Waals surface area (Å²) < 4.78 is 29.6. The molecule has 0 bridgehead atoms. The van der Waals surface area contributed by atoms with Crippen molar-refractivity contribution in [2.24, 2.45) is 5.41 Å². The Balaban J connectivity index is 0.803. The fraction of sp³-hybridized carbons (Fsp3) is 0.452. The van der Waals surface area contributed by atoms with Gasteiger partial charge in [0, 0.05) is 62.6 Å². The number of carbonyl (C=O) groups is 4. The van der Waals surface area contributed by atoms with E-state index in [1.54, 1.807) is 28.4 Å². The largest absolute Gasteiger partial charge is 0.508 e. The van der Waals surface area contributed by atoms with Crippen LogP contribution in [0.15, 0.2) is 84.9 Å². The Bertz CT molecular complexity index is 3390. The number of aliphatic hydroxyl groups is 1. The topological polar surface area (TPSA) is 215 Å². The van der Waals surface area contributed by atoms with Gasteiger partial charge in [-0.25, -0.2) is 9.37 Å². The predicted molar refractivity (Wildman–Crippen MR) is 315 cm³/mol. The number of β-amino-alcohol motifs (C(OH)–C–C–N with tert-alkyl or cyclic N) is 1. The second-order valence-electron chi connectivity index (χ2n) is 22.8. The second kappa shape index (κ2) is 26.0. The summed E-state index contributed by atoms with van der Waals surface area (Å²) in [7, 11) is 0. The van der Waals surface area contributed by atoms with E-state index in [-0.39, 0.29) is 104 Å². The molecule has 3 aliphatic heterocycles. The van der Waals surface area contributed by atoms with Gasteiger partial charge in [-0.2, -0.15) is 15.2 Å². The number of likely N-dealkylation sites (tertiary alicyclic amines) is 2. The first-order chi connectivity index (χ1) is 39.3. The van der Waals surface area contributed by atoms with E-state index in [2.05, 4.69) is 32.8 Å². The lowest BCUT2D eigenvalue weighted by atomic mass is 9.85. The molecule has 0 saturated carbocycles. The van der Waals surface area contributed by atoms with Crippen LogP contribution in [0.5, 0.6) is 11.8 Å². The Labute approximate surface area is 486 Å². The molecule has 3 saturated heterocycles. The molecule has 82 heavy (non-hydrogen) atoms. The Morgan fingerprint density at radius 2 is 1.79 bits per heavy atom. The molecule has 5 heterocycles. The van der Waals surface area contributed by atoms with Crippen molar-refractivity contribution in [3.63, 3.8) is 0 Å². The summed E-state index contributed by atoms with van der Waals surface area (Å²) in [6.45, 7) is 15.7. The number of Topliss-reactive ketones (excluding diaryl/α,β-unsaturated/α-hetero) is 1. The van der Waals surface area contributed by atoms with Gasteiger partial charge in [0.05, 0.1) is 51.8 Å². The minimum atomic E-state index is -0.974. The maximum Gasteiger partial charge on any atom is 0.319 e. The molecule has 17 nitrogen and oxygen atoms in total. The number of hydrogen-bond acceptors (Lipinski definition) is 15. The van der Waals surface area contributed by atoms with Gasteiger partial charge in [-0.3, -0.25) is 24.1 Å². The molecule has 3 N–H and O–H groups in total. The second-order valence-corrected chi connectivity index (χ2v) is 24.1. The molecule has 6 atom stereocenters. The first kappa shape index (κ1) is 59.5. The number of anilines is 1. The molecule has 3 aliphatic rings. The van der Waals surface area contributed by atoms with Crippen LogP contribution < -0.4 is 15.0 Å². The van der Waals surface area contributed by atoms with E-state index in [0.29, 0.717) is 47.1 Å². The number of aliphatic hydroxyl groups excluding tert-OH is 1. The number of unbranched alkanes of at least 4 members (excludes halogenated alkanes) is 1. The highest BCUT2D eigenvalue weighted by Crippen LogP contribution is 2.43. The van der Waals surface area contributed by atoms with Crippen molar-refractivity contribution in [2.45, 2.75) is 116 Å². The van der Waals surface area contributed by atoms with Gasteiger partial charge >= 0.3 is 6.01 Å². The van der Waals surface area contributed by atoms with E-state index in [0.717, 1.165) is 54.0 Å². The molecular weight excluding hydrogens is 1090 g/mol. The van der Waals surface area contributed by atoms with Gasteiger partial charge in [0.1, 0.15) is 36.3 Å². The van der Waals surface area contributed by atoms with Crippen LogP contribution in [0.2, 0.25) is 5.02 Å². The molecule has 6 aromatic rings. The van der Waals surface area contributed by atoms with Crippen molar-refractivity contribution in [3.8, 4) is 39.4 Å². The number of nitrogens with zero attached hydrogens (tertiary/aromatic N) is 8. The SMILES string of the molecule is C=CC(=O)N1CCN(c2nc(OC[C@@H]3CCCN3CCCCOCC(=O)N[C@H](C(=O)N3C[C@H](O)C[C@H]3C(=O)C[C@@H](C)c3ccc(-c4scnc4C)cc3)C(C)(C)C)nc3c(F)c(-c4cc(O)cc5ccccc45)c(Cl)cc23)C[C@@H]1CC#N. The normalized spacial score (nSPS) is 19.3.